The molecule has 3 nitrogen and oxygen atoms in total. The van der Waals surface area contributed by atoms with E-state index in [1.54, 1.807) is 23.1 Å². The Kier molecular flexibility index (Phi) is 5.60. The molecule has 2 aromatic carbocycles. The molecule has 0 aliphatic carbocycles. The minimum Gasteiger partial charge on any atom is -0.335 e. The second-order valence-electron chi connectivity index (χ2n) is 5.44. The number of aromatic nitrogens is 1. The molecule has 25 heavy (non-hydrogen) atoms. The molecule has 0 bridgehead atoms. The van der Waals surface area contributed by atoms with Crippen LogP contribution in [0.3, 0.4) is 0 Å². The second-order valence-corrected chi connectivity index (χ2v) is 7.42. The third-order valence-electron chi connectivity index (χ3n) is 3.74. The summed E-state index contributed by atoms with van der Waals surface area (Å²) in [4.78, 5) is 18.5. The molecule has 0 saturated carbocycles. The number of nitrogens with zero attached hydrogens (tertiary/aromatic N) is 2. The van der Waals surface area contributed by atoms with Gasteiger partial charge in [-0.2, -0.15) is 0 Å². The molecular weight excluding hydrogens is 403 g/mol. The van der Waals surface area contributed by atoms with E-state index in [1.807, 2.05) is 31.2 Å². The Morgan fingerprint density at radius 3 is 2.88 bits per heavy atom. The van der Waals surface area contributed by atoms with Crippen LogP contribution in [0.15, 0.2) is 53.0 Å². The van der Waals surface area contributed by atoms with Gasteiger partial charge in [0, 0.05) is 29.2 Å². The second kappa shape index (κ2) is 7.89. The fourth-order valence-corrected chi connectivity index (χ4v) is 3.70. The highest BCUT2D eigenvalue weighted by atomic mass is 79.9. The monoisotopic (exact) mass is 418 g/mol. The number of fused-ring (bicyclic) bond motifs is 1. The van der Waals surface area contributed by atoms with E-state index < -0.39 is 0 Å². The first-order valence-corrected chi connectivity index (χ1v) is 9.44. The van der Waals surface area contributed by atoms with Gasteiger partial charge in [0.15, 0.2) is 0 Å². The molecule has 3 rings (SSSR count). The van der Waals surface area contributed by atoms with Crippen molar-refractivity contribution in [3.05, 3.63) is 69.4 Å². The van der Waals surface area contributed by atoms with Crippen molar-refractivity contribution in [1.82, 2.24) is 9.88 Å². The molecule has 0 aliphatic heterocycles. The van der Waals surface area contributed by atoms with E-state index in [0.717, 1.165) is 19.7 Å². The van der Waals surface area contributed by atoms with Gasteiger partial charge in [0.1, 0.15) is 10.8 Å². The number of carbonyl (C=O) groups is 1. The molecule has 0 aliphatic rings. The quantitative estimate of drug-likeness (QED) is 0.529. The first-order valence-electron chi connectivity index (χ1n) is 7.83. The van der Waals surface area contributed by atoms with Crippen LogP contribution >= 0.6 is 27.3 Å². The lowest BCUT2D eigenvalue weighted by molar-refractivity contribution is -0.126. The fourth-order valence-electron chi connectivity index (χ4n) is 2.42. The lowest BCUT2D eigenvalue weighted by Crippen LogP contribution is -2.29. The Morgan fingerprint density at radius 2 is 2.12 bits per heavy atom. The number of amides is 1. The van der Waals surface area contributed by atoms with Crippen molar-refractivity contribution < 1.29 is 9.18 Å². The predicted octanol–water partition coefficient (Wildman–Crippen LogP) is 5.26. The maximum Gasteiger partial charge on any atom is 0.246 e. The zero-order valence-electron chi connectivity index (χ0n) is 13.6. The van der Waals surface area contributed by atoms with Crippen LogP contribution in [0.5, 0.6) is 0 Å². The topological polar surface area (TPSA) is 33.2 Å². The summed E-state index contributed by atoms with van der Waals surface area (Å²) in [6.07, 6.45) is 3.21. The Morgan fingerprint density at radius 1 is 1.32 bits per heavy atom. The number of benzene rings is 2. The van der Waals surface area contributed by atoms with Gasteiger partial charge in [-0.1, -0.05) is 28.1 Å². The van der Waals surface area contributed by atoms with Crippen LogP contribution in [-0.4, -0.2) is 22.3 Å². The number of rotatable bonds is 5. The van der Waals surface area contributed by atoms with Crippen molar-refractivity contribution in [3.63, 3.8) is 0 Å². The number of para-hydroxylation sites is 1. The molecule has 6 heteroatoms. The van der Waals surface area contributed by atoms with Crippen molar-refractivity contribution in [1.29, 1.82) is 0 Å². The van der Waals surface area contributed by atoms with E-state index in [-0.39, 0.29) is 18.3 Å². The van der Waals surface area contributed by atoms with Crippen LogP contribution < -0.4 is 0 Å². The van der Waals surface area contributed by atoms with Gasteiger partial charge in [-0.25, -0.2) is 9.37 Å². The molecule has 0 atom stereocenters. The van der Waals surface area contributed by atoms with Gasteiger partial charge in [-0.3, -0.25) is 4.79 Å². The standard InChI is InChI=1S/C19H16BrFN2OS/c1-2-23(12-13-11-14(20)7-8-15(13)21)19(24)10-9-18-22-16-5-3-4-6-17(16)25-18/h3-11H,2,12H2,1H3/b10-9+. The summed E-state index contributed by atoms with van der Waals surface area (Å²) in [6.45, 7) is 2.60. The molecule has 0 fully saturated rings. The van der Waals surface area contributed by atoms with E-state index in [1.165, 1.54) is 23.5 Å². The van der Waals surface area contributed by atoms with E-state index in [2.05, 4.69) is 20.9 Å². The molecule has 0 saturated heterocycles. The van der Waals surface area contributed by atoms with Gasteiger partial charge in [0.05, 0.1) is 10.2 Å². The average molecular weight is 419 g/mol. The van der Waals surface area contributed by atoms with Gasteiger partial charge in [0.2, 0.25) is 5.91 Å². The maximum absolute atomic E-state index is 13.9. The van der Waals surface area contributed by atoms with Crippen LogP contribution in [0.4, 0.5) is 4.39 Å². The summed E-state index contributed by atoms with van der Waals surface area (Å²) in [5, 5.41) is 0.777. The van der Waals surface area contributed by atoms with E-state index >= 15 is 0 Å². The molecule has 0 spiro atoms. The normalized spacial score (nSPS) is 11.3. The summed E-state index contributed by atoms with van der Waals surface area (Å²) in [5.41, 5.74) is 1.40. The first-order chi connectivity index (χ1) is 12.1. The summed E-state index contributed by atoms with van der Waals surface area (Å²) >= 11 is 4.86. The van der Waals surface area contributed by atoms with E-state index in [4.69, 9.17) is 0 Å². The summed E-state index contributed by atoms with van der Waals surface area (Å²) in [6, 6.07) is 12.6. The molecule has 1 aromatic heterocycles. The Hall–Kier alpha value is -2.05. The molecular formula is C19H16BrFN2OS. The zero-order chi connectivity index (χ0) is 17.8. The predicted molar refractivity (Wildman–Crippen MR) is 104 cm³/mol. The highest BCUT2D eigenvalue weighted by molar-refractivity contribution is 9.10. The van der Waals surface area contributed by atoms with Crippen LogP contribution in [0.25, 0.3) is 16.3 Å². The van der Waals surface area contributed by atoms with Gasteiger partial charge in [0.25, 0.3) is 0 Å². The van der Waals surface area contributed by atoms with Crippen molar-refractivity contribution >= 4 is 49.5 Å². The zero-order valence-corrected chi connectivity index (χ0v) is 16.0. The van der Waals surface area contributed by atoms with E-state index in [0.29, 0.717) is 12.1 Å². The average Bonchev–Trinajstić information content (AvgIpc) is 3.03. The van der Waals surface area contributed by atoms with Gasteiger partial charge in [-0.05, 0) is 43.3 Å². The number of hydrogen-bond acceptors (Lipinski definition) is 3. The lowest BCUT2D eigenvalue weighted by atomic mass is 10.2. The largest absolute Gasteiger partial charge is 0.335 e. The lowest BCUT2D eigenvalue weighted by Gasteiger charge is -2.19. The molecule has 0 N–H and O–H groups in total. The molecule has 128 valence electrons. The third-order valence-corrected chi connectivity index (χ3v) is 5.24. The van der Waals surface area contributed by atoms with Gasteiger partial charge < -0.3 is 4.90 Å². The number of thiazole rings is 1. The summed E-state index contributed by atoms with van der Waals surface area (Å²) < 4.78 is 15.8. The fraction of sp³-hybridized carbons (Fsp3) is 0.158. The Labute approximate surface area is 157 Å². The highest BCUT2D eigenvalue weighted by Gasteiger charge is 2.12. The van der Waals surface area contributed by atoms with Crippen molar-refractivity contribution in [2.45, 2.75) is 13.5 Å². The Balaban J connectivity index is 1.74. The molecule has 0 radical (unpaired) electrons. The molecule has 1 heterocycles. The van der Waals surface area contributed by atoms with E-state index in [9.17, 15) is 9.18 Å². The Bertz CT molecular complexity index is 905. The summed E-state index contributed by atoms with van der Waals surface area (Å²) in [7, 11) is 0. The SMILES string of the molecule is CCN(Cc1cc(Br)ccc1F)C(=O)/C=C/c1nc2ccccc2s1. The van der Waals surface area contributed by atoms with Crippen LogP contribution in [-0.2, 0) is 11.3 Å². The van der Waals surface area contributed by atoms with Crippen molar-refractivity contribution in [2.75, 3.05) is 6.54 Å². The summed E-state index contributed by atoms with van der Waals surface area (Å²) in [5.74, 6) is -0.481. The van der Waals surface area contributed by atoms with Crippen LogP contribution in [0.2, 0.25) is 0 Å². The number of likely N-dealkylation sites (N-methyl/N-ethyl adjacent to an activating group) is 1. The third kappa shape index (κ3) is 4.32. The maximum atomic E-state index is 13.9. The highest BCUT2D eigenvalue weighted by Crippen LogP contribution is 2.22. The molecule has 1 amide bonds. The number of halogens is 2. The minimum atomic E-state index is -0.315. The van der Waals surface area contributed by atoms with Crippen molar-refractivity contribution in [3.8, 4) is 0 Å². The van der Waals surface area contributed by atoms with Gasteiger partial charge >= 0.3 is 0 Å². The molecule has 0 unspecified atom stereocenters. The minimum absolute atomic E-state index is 0.166. The first kappa shape index (κ1) is 17.8. The smallest absolute Gasteiger partial charge is 0.246 e. The van der Waals surface area contributed by atoms with Crippen LogP contribution in [0.1, 0.15) is 17.5 Å². The number of hydrogen-bond donors (Lipinski definition) is 0. The van der Waals surface area contributed by atoms with Crippen LogP contribution in [0, 0.1) is 5.82 Å². The van der Waals surface area contributed by atoms with Crippen molar-refractivity contribution in [2.24, 2.45) is 0 Å². The van der Waals surface area contributed by atoms with Gasteiger partial charge in [-0.15, -0.1) is 11.3 Å². The number of carbonyl (C=O) groups excluding carboxylic acids is 1. The molecule has 3 aromatic rings.